The van der Waals surface area contributed by atoms with Crippen molar-refractivity contribution < 1.29 is 4.74 Å². The Morgan fingerprint density at radius 3 is 2.24 bits per heavy atom. The Hall–Kier alpha value is -2.11. The van der Waals surface area contributed by atoms with Gasteiger partial charge in [0.2, 0.25) is 0 Å². The molecular formula is C20H27N3OS. The molecule has 0 saturated carbocycles. The smallest absolute Gasteiger partial charge is 0.170 e. The number of hydrogen-bond donors (Lipinski definition) is 2. The fraction of sp³-hybridized carbons (Fsp3) is 0.350. The molecule has 0 unspecified atom stereocenters. The lowest BCUT2D eigenvalue weighted by Gasteiger charge is -2.26. The van der Waals surface area contributed by atoms with E-state index in [-0.39, 0.29) is 6.04 Å². The maximum atomic E-state index is 5.43. The molecule has 0 radical (unpaired) electrons. The van der Waals surface area contributed by atoms with E-state index in [2.05, 4.69) is 73.0 Å². The lowest BCUT2D eigenvalue weighted by atomic mass is 10.1. The third-order valence-electron chi connectivity index (χ3n) is 4.20. The van der Waals surface area contributed by atoms with Crippen molar-refractivity contribution in [2.24, 2.45) is 0 Å². The highest BCUT2D eigenvalue weighted by atomic mass is 32.1. The van der Waals surface area contributed by atoms with E-state index in [4.69, 9.17) is 17.0 Å². The van der Waals surface area contributed by atoms with Gasteiger partial charge in [0.1, 0.15) is 5.75 Å². The molecule has 2 aromatic carbocycles. The van der Waals surface area contributed by atoms with E-state index in [0.717, 1.165) is 24.4 Å². The molecule has 0 amide bonds. The minimum Gasteiger partial charge on any atom is -0.497 e. The zero-order chi connectivity index (χ0) is 18.2. The summed E-state index contributed by atoms with van der Waals surface area (Å²) in [5.41, 5.74) is 3.53. The molecule has 0 bridgehead atoms. The summed E-state index contributed by atoms with van der Waals surface area (Å²) in [6, 6.07) is 16.7. The Bertz CT molecular complexity index is 668. The normalized spacial score (nSPS) is 11.9. The predicted octanol–water partition coefficient (Wildman–Crippen LogP) is 3.85. The van der Waals surface area contributed by atoms with Crippen LogP contribution in [0.1, 0.15) is 24.1 Å². The van der Waals surface area contributed by atoms with Gasteiger partial charge in [-0.1, -0.05) is 31.2 Å². The van der Waals surface area contributed by atoms with Crippen molar-refractivity contribution in [2.45, 2.75) is 19.4 Å². The van der Waals surface area contributed by atoms with Crippen LogP contribution in [0, 0.1) is 0 Å². The first kappa shape index (κ1) is 19.2. The van der Waals surface area contributed by atoms with Crippen LogP contribution in [-0.4, -0.2) is 37.8 Å². The van der Waals surface area contributed by atoms with Gasteiger partial charge in [0.25, 0.3) is 0 Å². The van der Waals surface area contributed by atoms with Crippen molar-refractivity contribution in [1.82, 2.24) is 10.2 Å². The molecule has 2 aromatic rings. The van der Waals surface area contributed by atoms with E-state index < -0.39 is 0 Å². The van der Waals surface area contributed by atoms with Crippen LogP contribution in [0.15, 0.2) is 48.5 Å². The van der Waals surface area contributed by atoms with E-state index in [9.17, 15) is 0 Å². The number of anilines is 1. The monoisotopic (exact) mass is 357 g/mol. The van der Waals surface area contributed by atoms with Crippen LogP contribution in [0.4, 0.5) is 5.69 Å². The lowest BCUT2D eigenvalue weighted by Crippen LogP contribution is -2.36. The summed E-state index contributed by atoms with van der Waals surface area (Å²) in [5, 5.41) is 7.18. The average molecular weight is 358 g/mol. The molecule has 0 aromatic heterocycles. The van der Waals surface area contributed by atoms with E-state index in [0.29, 0.717) is 5.11 Å². The first-order valence-electron chi connectivity index (χ1n) is 8.47. The second kappa shape index (κ2) is 9.39. The molecule has 134 valence electrons. The summed E-state index contributed by atoms with van der Waals surface area (Å²) in [6.07, 6.45) is 1.04. The molecule has 0 spiro atoms. The molecule has 1 atom stereocenters. The van der Waals surface area contributed by atoms with Gasteiger partial charge in [-0.3, -0.25) is 0 Å². The second-order valence-electron chi connectivity index (χ2n) is 6.14. The Kier molecular flexibility index (Phi) is 7.22. The van der Waals surface area contributed by atoms with Gasteiger partial charge >= 0.3 is 0 Å². The molecule has 2 N–H and O–H groups in total. The van der Waals surface area contributed by atoms with Crippen molar-refractivity contribution in [3.05, 3.63) is 59.7 Å². The van der Waals surface area contributed by atoms with Gasteiger partial charge in [0.15, 0.2) is 5.11 Å². The zero-order valence-corrected chi connectivity index (χ0v) is 16.2. The number of thiocarbonyl (C=S) groups is 1. The summed E-state index contributed by atoms with van der Waals surface area (Å²) in [5.74, 6) is 0.863. The molecule has 25 heavy (non-hydrogen) atoms. The minimum absolute atomic E-state index is 0.216. The number of nitrogens with zero attached hydrogens (tertiary/aromatic N) is 1. The van der Waals surface area contributed by atoms with Gasteiger partial charge in [-0.25, -0.2) is 0 Å². The highest BCUT2D eigenvalue weighted by molar-refractivity contribution is 7.80. The van der Waals surface area contributed by atoms with Crippen molar-refractivity contribution in [2.75, 3.05) is 33.1 Å². The van der Waals surface area contributed by atoms with Crippen LogP contribution in [0.2, 0.25) is 0 Å². The van der Waals surface area contributed by atoms with Crippen LogP contribution in [-0.2, 0) is 6.42 Å². The standard InChI is InChI=1S/C20H27N3OS/c1-5-15-6-10-17(11-7-15)22-20(25)21-14-19(23(2)3)16-8-12-18(24-4)13-9-16/h6-13,19H,5,14H2,1-4H3,(H2,21,22,25)/t19-/m1/s1. The van der Waals surface area contributed by atoms with Gasteiger partial charge in [-0.05, 0) is 68.1 Å². The lowest BCUT2D eigenvalue weighted by molar-refractivity contribution is 0.299. The SMILES string of the molecule is CCc1ccc(NC(=S)NC[C@H](c2ccc(OC)cc2)N(C)C)cc1. The number of aryl methyl sites for hydroxylation is 1. The third-order valence-corrected chi connectivity index (χ3v) is 4.45. The summed E-state index contributed by atoms with van der Waals surface area (Å²) in [4.78, 5) is 2.17. The van der Waals surface area contributed by atoms with Crippen LogP contribution in [0.3, 0.4) is 0 Å². The van der Waals surface area contributed by atoms with Gasteiger partial charge in [-0.15, -0.1) is 0 Å². The number of methoxy groups -OCH3 is 1. The van der Waals surface area contributed by atoms with Crippen LogP contribution < -0.4 is 15.4 Å². The predicted molar refractivity (Wildman–Crippen MR) is 109 cm³/mol. The molecular weight excluding hydrogens is 330 g/mol. The van der Waals surface area contributed by atoms with Crippen LogP contribution in [0.25, 0.3) is 0 Å². The highest BCUT2D eigenvalue weighted by Gasteiger charge is 2.14. The Morgan fingerprint density at radius 1 is 1.08 bits per heavy atom. The quantitative estimate of drug-likeness (QED) is 0.736. The number of nitrogens with one attached hydrogen (secondary N) is 2. The van der Waals surface area contributed by atoms with Crippen molar-refractivity contribution in [3.63, 3.8) is 0 Å². The van der Waals surface area contributed by atoms with E-state index in [1.165, 1.54) is 11.1 Å². The Morgan fingerprint density at radius 2 is 1.72 bits per heavy atom. The third kappa shape index (κ3) is 5.73. The molecule has 0 fully saturated rings. The van der Waals surface area contributed by atoms with Crippen LogP contribution >= 0.6 is 12.2 Å². The summed E-state index contributed by atoms with van der Waals surface area (Å²) in [6.45, 7) is 2.87. The number of rotatable bonds is 7. The largest absolute Gasteiger partial charge is 0.497 e. The fourth-order valence-electron chi connectivity index (χ4n) is 2.61. The topological polar surface area (TPSA) is 36.5 Å². The summed E-state index contributed by atoms with van der Waals surface area (Å²) >= 11 is 5.43. The summed E-state index contributed by atoms with van der Waals surface area (Å²) < 4.78 is 5.23. The molecule has 5 heteroatoms. The number of likely N-dealkylation sites (N-methyl/N-ethyl adjacent to an activating group) is 1. The van der Waals surface area contributed by atoms with Gasteiger partial charge in [0, 0.05) is 12.2 Å². The van der Waals surface area contributed by atoms with Crippen LogP contribution in [0.5, 0.6) is 5.75 Å². The van der Waals surface area contributed by atoms with E-state index in [1.54, 1.807) is 7.11 Å². The molecule has 0 aliphatic heterocycles. The first-order valence-corrected chi connectivity index (χ1v) is 8.88. The molecule has 0 heterocycles. The zero-order valence-electron chi connectivity index (χ0n) is 15.4. The van der Waals surface area contributed by atoms with Crippen molar-refractivity contribution in [1.29, 1.82) is 0 Å². The van der Waals surface area contributed by atoms with Gasteiger partial charge < -0.3 is 20.3 Å². The number of ether oxygens (including phenoxy) is 1. The Labute approximate surface area is 156 Å². The minimum atomic E-state index is 0.216. The molecule has 2 rings (SSSR count). The maximum absolute atomic E-state index is 5.43. The van der Waals surface area contributed by atoms with Crippen molar-refractivity contribution in [3.8, 4) is 5.75 Å². The van der Waals surface area contributed by atoms with Gasteiger partial charge in [-0.2, -0.15) is 0 Å². The van der Waals surface area contributed by atoms with Crippen molar-refractivity contribution >= 4 is 23.0 Å². The summed E-state index contributed by atoms with van der Waals surface area (Å²) in [7, 11) is 5.81. The highest BCUT2D eigenvalue weighted by Crippen LogP contribution is 2.20. The number of hydrogen-bond acceptors (Lipinski definition) is 3. The van der Waals surface area contributed by atoms with Gasteiger partial charge in [0.05, 0.1) is 13.2 Å². The first-order chi connectivity index (χ1) is 12.0. The molecule has 0 saturated heterocycles. The average Bonchev–Trinajstić information content (AvgIpc) is 2.62. The van der Waals surface area contributed by atoms with E-state index in [1.807, 2.05) is 12.1 Å². The second-order valence-corrected chi connectivity index (χ2v) is 6.55. The molecule has 0 aliphatic rings. The fourth-order valence-corrected chi connectivity index (χ4v) is 2.81. The molecule has 4 nitrogen and oxygen atoms in total. The molecule has 0 aliphatic carbocycles. The Balaban J connectivity index is 1.93. The van der Waals surface area contributed by atoms with E-state index >= 15 is 0 Å². The number of benzene rings is 2. The maximum Gasteiger partial charge on any atom is 0.170 e.